The minimum absolute atomic E-state index is 0.914. The quantitative estimate of drug-likeness (QED) is 0.921. The van der Waals surface area contributed by atoms with E-state index >= 15 is 0 Å². The van der Waals surface area contributed by atoms with Crippen molar-refractivity contribution >= 4 is 11.5 Å². The van der Waals surface area contributed by atoms with Crippen molar-refractivity contribution in [1.82, 2.24) is 10.3 Å². The number of amidine groups is 1. The molecule has 4 heteroatoms. The van der Waals surface area contributed by atoms with E-state index < -0.39 is 0 Å². The lowest BCUT2D eigenvalue weighted by atomic mass is 10.1. The number of anilines is 1. The number of pyridine rings is 1. The topological polar surface area (TPSA) is 40.5 Å². The second-order valence-electron chi connectivity index (χ2n) is 5.55. The van der Waals surface area contributed by atoms with Crippen molar-refractivity contribution in [2.24, 2.45) is 4.99 Å². The van der Waals surface area contributed by atoms with Gasteiger partial charge >= 0.3 is 0 Å². The monoisotopic (exact) mass is 294 g/mol. The van der Waals surface area contributed by atoms with E-state index in [4.69, 9.17) is 0 Å². The SMILES string of the molecule is CN(CCc1ccncc1)c1ccccc1C1=NCCCN1. The Kier molecular flexibility index (Phi) is 4.68. The number of hydrogen-bond donors (Lipinski definition) is 1. The Morgan fingerprint density at radius 2 is 1.95 bits per heavy atom. The zero-order chi connectivity index (χ0) is 15.2. The lowest BCUT2D eigenvalue weighted by Crippen LogP contribution is -2.32. The molecule has 22 heavy (non-hydrogen) atoms. The van der Waals surface area contributed by atoms with Crippen molar-refractivity contribution in [1.29, 1.82) is 0 Å². The summed E-state index contributed by atoms with van der Waals surface area (Å²) >= 11 is 0. The van der Waals surface area contributed by atoms with Crippen LogP contribution < -0.4 is 10.2 Å². The van der Waals surface area contributed by atoms with Crippen molar-refractivity contribution in [3.8, 4) is 0 Å². The molecule has 0 aliphatic carbocycles. The predicted molar refractivity (Wildman–Crippen MR) is 91.7 cm³/mol. The maximum atomic E-state index is 4.63. The number of hydrogen-bond acceptors (Lipinski definition) is 4. The van der Waals surface area contributed by atoms with E-state index in [0.29, 0.717) is 0 Å². The van der Waals surface area contributed by atoms with E-state index in [0.717, 1.165) is 38.3 Å². The average Bonchev–Trinajstić information content (AvgIpc) is 2.61. The van der Waals surface area contributed by atoms with Gasteiger partial charge in [-0.15, -0.1) is 0 Å². The van der Waals surface area contributed by atoms with Gasteiger partial charge in [0.25, 0.3) is 0 Å². The van der Waals surface area contributed by atoms with Gasteiger partial charge in [0.2, 0.25) is 0 Å². The highest BCUT2D eigenvalue weighted by molar-refractivity contribution is 6.03. The van der Waals surface area contributed by atoms with Gasteiger partial charge in [-0.05, 0) is 42.7 Å². The number of benzene rings is 1. The van der Waals surface area contributed by atoms with Gasteiger partial charge in [-0.1, -0.05) is 12.1 Å². The standard InChI is InChI=1S/C18H22N4/c1-22(14-9-15-7-12-19-13-8-15)17-6-3-2-5-16(17)18-20-10-4-11-21-18/h2-3,5-8,12-13H,4,9-11,14H2,1H3,(H,20,21). The van der Waals surface area contributed by atoms with Crippen LogP contribution >= 0.6 is 0 Å². The van der Waals surface area contributed by atoms with Crippen molar-refractivity contribution in [3.05, 3.63) is 59.9 Å². The van der Waals surface area contributed by atoms with E-state index in [1.165, 1.54) is 16.8 Å². The van der Waals surface area contributed by atoms with Crippen LogP contribution in [0, 0.1) is 0 Å². The number of nitrogens with one attached hydrogen (secondary N) is 1. The Balaban J connectivity index is 1.75. The molecular weight excluding hydrogens is 272 g/mol. The van der Waals surface area contributed by atoms with E-state index in [9.17, 15) is 0 Å². The van der Waals surface area contributed by atoms with Crippen LogP contribution in [-0.4, -0.2) is 37.5 Å². The number of aliphatic imine (C=N–C) groups is 1. The minimum Gasteiger partial charge on any atom is -0.374 e. The molecule has 0 atom stereocenters. The lowest BCUT2D eigenvalue weighted by Gasteiger charge is -2.24. The smallest absolute Gasteiger partial charge is 0.130 e. The van der Waals surface area contributed by atoms with Gasteiger partial charge in [0.1, 0.15) is 5.84 Å². The first-order valence-electron chi connectivity index (χ1n) is 7.82. The Bertz CT molecular complexity index is 637. The van der Waals surface area contributed by atoms with Gasteiger partial charge in [0.05, 0.1) is 0 Å². The third-order valence-corrected chi connectivity index (χ3v) is 3.95. The Morgan fingerprint density at radius 3 is 2.73 bits per heavy atom. The highest BCUT2D eigenvalue weighted by atomic mass is 15.1. The van der Waals surface area contributed by atoms with Gasteiger partial charge < -0.3 is 10.2 Å². The summed E-state index contributed by atoms with van der Waals surface area (Å²) in [5.41, 5.74) is 3.73. The van der Waals surface area contributed by atoms with Crippen LogP contribution in [0.15, 0.2) is 53.8 Å². The Hall–Kier alpha value is -2.36. The highest BCUT2D eigenvalue weighted by Crippen LogP contribution is 2.20. The van der Waals surface area contributed by atoms with Crippen molar-refractivity contribution in [2.75, 3.05) is 31.6 Å². The van der Waals surface area contributed by atoms with Crippen LogP contribution in [0.2, 0.25) is 0 Å². The average molecular weight is 294 g/mol. The van der Waals surface area contributed by atoms with E-state index in [-0.39, 0.29) is 0 Å². The van der Waals surface area contributed by atoms with E-state index in [1.807, 2.05) is 12.4 Å². The normalized spacial score (nSPS) is 14.1. The molecule has 1 aliphatic heterocycles. The van der Waals surface area contributed by atoms with Crippen LogP contribution in [0.3, 0.4) is 0 Å². The Morgan fingerprint density at radius 1 is 1.14 bits per heavy atom. The van der Waals surface area contributed by atoms with Crippen LogP contribution in [0.4, 0.5) is 5.69 Å². The molecule has 0 saturated heterocycles. The molecule has 1 N–H and O–H groups in total. The largest absolute Gasteiger partial charge is 0.374 e. The number of aromatic nitrogens is 1. The fourth-order valence-electron chi connectivity index (χ4n) is 2.69. The molecule has 1 aromatic carbocycles. The summed E-state index contributed by atoms with van der Waals surface area (Å²) in [5.74, 6) is 1.03. The predicted octanol–water partition coefficient (Wildman–Crippen LogP) is 2.50. The highest BCUT2D eigenvalue weighted by Gasteiger charge is 2.13. The van der Waals surface area contributed by atoms with Crippen molar-refractivity contribution < 1.29 is 0 Å². The molecule has 1 aliphatic rings. The summed E-state index contributed by atoms with van der Waals surface area (Å²) in [4.78, 5) is 11.0. The number of para-hydroxylation sites is 1. The molecule has 0 bridgehead atoms. The van der Waals surface area contributed by atoms with Gasteiger partial charge in [-0.3, -0.25) is 9.98 Å². The minimum atomic E-state index is 0.914. The molecule has 1 aromatic heterocycles. The molecule has 0 saturated carbocycles. The number of rotatable bonds is 5. The van der Waals surface area contributed by atoms with Crippen LogP contribution in [0.1, 0.15) is 17.5 Å². The van der Waals surface area contributed by atoms with Crippen LogP contribution in [0.5, 0.6) is 0 Å². The second-order valence-corrected chi connectivity index (χ2v) is 5.55. The Labute approximate surface area is 131 Å². The second kappa shape index (κ2) is 7.07. The van der Waals surface area contributed by atoms with Crippen molar-refractivity contribution in [2.45, 2.75) is 12.8 Å². The molecule has 0 spiro atoms. The zero-order valence-corrected chi connectivity index (χ0v) is 13.0. The molecule has 0 fully saturated rings. The lowest BCUT2D eigenvalue weighted by molar-refractivity contribution is 0.742. The van der Waals surface area contributed by atoms with E-state index in [2.05, 4.69) is 63.6 Å². The van der Waals surface area contributed by atoms with Crippen LogP contribution in [-0.2, 0) is 6.42 Å². The maximum Gasteiger partial charge on any atom is 0.130 e. The maximum absolute atomic E-state index is 4.63. The summed E-state index contributed by atoms with van der Waals surface area (Å²) in [6.45, 7) is 2.89. The fraction of sp³-hybridized carbons (Fsp3) is 0.333. The van der Waals surface area contributed by atoms with E-state index in [1.54, 1.807) is 0 Å². The third kappa shape index (κ3) is 3.45. The zero-order valence-electron chi connectivity index (χ0n) is 13.0. The summed E-state index contributed by atoms with van der Waals surface area (Å²) in [7, 11) is 2.14. The number of nitrogens with zero attached hydrogens (tertiary/aromatic N) is 3. The first kappa shape index (κ1) is 14.6. The molecule has 0 unspecified atom stereocenters. The number of likely N-dealkylation sites (N-methyl/N-ethyl adjacent to an activating group) is 1. The summed E-state index contributed by atoms with van der Waals surface area (Å²) in [6, 6.07) is 12.6. The van der Waals surface area contributed by atoms with Gasteiger partial charge in [0, 0.05) is 50.3 Å². The van der Waals surface area contributed by atoms with Gasteiger partial charge in [-0.25, -0.2) is 0 Å². The molecule has 0 radical (unpaired) electrons. The molecule has 3 rings (SSSR count). The summed E-state index contributed by atoms with van der Waals surface area (Å²) in [5, 5.41) is 3.42. The molecule has 4 nitrogen and oxygen atoms in total. The first-order chi connectivity index (χ1) is 10.8. The molecule has 0 amide bonds. The molecular formula is C18H22N4. The summed E-state index contributed by atoms with van der Waals surface area (Å²) < 4.78 is 0. The van der Waals surface area contributed by atoms with Gasteiger partial charge in [-0.2, -0.15) is 0 Å². The first-order valence-corrected chi connectivity index (χ1v) is 7.82. The molecule has 2 heterocycles. The molecule has 2 aromatic rings. The molecule has 114 valence electrons. The van der Waals surface area contributed by atoms with Gasteiger partial charge in [0.15, 0.2) is 0 Å². The third-order valence-electron chi connectivity index (χ3n) is 3.95. The van der Waals surface area contributed by atoms with Crippen LogP contribution in [0.25, 0.3) is 0 Å². The van der Waals surface area contributed by atoms with Crippen molar-refractivity contribution in [3.63, 3.8) is 0 Å². The fourth-order valence-corrected chi connectivity index (χ4v) is 2.69. The summed E-state index contributed by atoms with van der Waals surface area (Å²) in [6.07, 6.45) is 5.82.